The quantitative estimate of drug-likeness (QED) is 0.194. The zero-order valence-corrected chi connectivity index (χ0v) is 24.4. The van der Waals surface area contributed by atoms with E-state index in [4.69, 9.17) is 5.73 Å². The van der Waals surface area contributed by atoms with Crippen molar-refractivity contribution in [3.63, 3.8) is 0 Å². The van der Waals surface area contributed by atoms with E-state index in [0.29, 0.717) is 31.0 Å². The predicted octanol–water partition coefficient (Wildman–Crippen LogP) is -2.03. The molecule has 6 rings (SSSR count). The van der Waals surface area contributed by atoms with Gasteiger partial charge >= 0.3 is 5.97 Å². The summed E-state index contributed by atoms with van der Waals surface area (Å²) in [6, 6.07) is -1.23. The summed E-state index contributed by atoms with van der Waals surface area (Å²) in [6.45, 7) is 5.22. The normalized spacial score (nSPS) is 36.2. The molecule has 0 aromatic carbocycles. The topological polar surface area (TPSA) is 209 Å². The molecule has 1 aliphatic carbocycles. The van der Waals surface area contributed by atoms with Crippen molar-refractivity contribution in [2.75, 3.05) is 26.2 Å². The number of carboxylic acid groups (broad SMARTS) is 1. The molecule has 9 atom stereocenters. The second kappa shape index (κ2) is 10.9. The fourth-order valence-electron chi connectivity index (χ4n) is 7.84. The molecule has 42 heavy (non-hydrogen) atoms. The molecule has 0 spiro atoms. The zero-order valence-electron chi connectivity index (χ0n) is 23.5. The summed E-state index contributed by atoms with van der Waals surface area (Å²) in [6.07, 6.45) is 3.38. The molecular formula is C26H37N9O6S. The second-order valence-corrected chi connectivity index (χ2v) is 13.8. The van der Waals surface area contributed by atoms with Crippen molar-refractivity contribution in [3.8, 4) is 0 Å². The number of carbonyl (C=O) groups is 4. The van der Waals surface area contributed by atoms with E-state index in [1.165, 1.54) is 27.7 Å². The number of β-lactam (4-membered cyclic amide) rings is 1. The number of rotatable bonds is 9. The number of aliphatic carboxylic acids is 1. The van der Waals surface area contributed by atoms with Crippen LogP contribution in [0.3, 0.4) is 0 Å². The van der Waals surface area contributed by atoms with Gasteiger partial charge in [-0.1, -0.05) is 6.92 Å². The monoisotopic (exact) mass is 603 g/mol. The smallest absolute Gasteiger partial charge is 0.353 e. The molecule has 3 saturated heterocycles. The van der Waals surface area contributed by atoms with Crippen LogP contribution in [0.25, 0.3) is 0 Å². The van der Waals surface area contributed by atoms with E-state index in [1.54, 1.807) is 6.92 Å². The van der Waals surface area contributed by atoms with Crippen LogP contribution in [-0.2, 0) is 25.7 Å². The molecule has 1 aromatic rings. The van der Waals surface area contributed by atoms with Crippen LogP contribution in [0.2, 0.25) is 0 Å². The van der Waals surface area contributed by atoms with Gasteiger partial charge in [0.05, 0.1) is 24.6 Å². The van der Waals surface area contributed by atoms with Gasteiger partial charge in [0.15, 0.2) is 0 Å². The van der Waals surface area contributed by atoms with Crippen LogP contribution >= 0.6 is 11.8 Å². The molecule has 1 aromatic heterocycles. The van der Waals surface area contributed by atoms with E-state index in [2.05, 4.69) is 26.2 Å². The maximum absolute atomic E-state index is 13.4. The van der Waals surface area contributed by atoms with E-state index in [0.717, 1.165) is 12.8 Å². The lowest BCUT2D eigenvalue weighted by atomic mass is 9.78. The Hall–Kier alpha value is -3.08. The Bertz CT molecular complexity index is 1310. The average molecular weight is 604 g/mol. The Balaban J connectivity index is 1.09. The number of nitrogens with two attached hydrogens (primary N) is 1. The number of nitrogens with one attached hydrogen (secondary N) is 2. The lowest BCUT2D eigenvalue weighted by Gasteiger charge is -2.47. The van der Waals surface area contributed by atoms with Crippen LogP contribution in [0.4, 0.5) is 0 Å². The maximum atomic E-state index is 13.4. The summed E-state index contributed by atoms with van der Waals surface area (Å²) in [5.74, 6) is -2.45. The Morgan fingerprint density at radius 3 is 2.79 bits per heavy atom. The van der Waals surface area contributed by atoms with Gasteiger partial charge in [0.25, 0.3) is 0 Å². The van der Waals surface area contributed by atoms with Gasteiger partial charge in [-0.2, -0.15) is 0 Å². The molecule has 1 saturated carbocycles. The minimum absolute atomic E-state index is 0.00524. The molecule has 0 bridgehead atoms. The zero-order chi connectivity index (χ0) is 29.9. The van der Waals surface area contributed by atoms with E-state index < -0.39 is 24.0 Å². The van der Waals surface area contributed by atoms with Crippen molar-refractivity contribution < 1.29 is 29.4 Å². The molecule has 3 amide bonds. The van der Waals surface area contributed by atoms with Crippen LogP contribution in [0, 0.1) is 23.2 Å². The molecule has 5 aliphatic rings. The average Bonchev–Trinajstić information content (AvgIpc) is 3.74. The van der Waals surface area contributed by atoms with Crippen LogP contribution in [0.5, 0.6) is 0 Å². The molecule has 4 fully saturated rings. The number of hydrogen-bond donors (Lipinski definition) is 5. The fraction of sp³-hybridized carbons (Fsp3) is 0.731. The van der Waals surface area contributed by atoms with Gasteiger partial charge in [-0.3, -0.25) is 14.4 Å². The summed E-state index contributed by atoms with van der Waals surface area (Å²) in [4.78, 5) is 55.3. The number of aliphatic hydroxyl groups excluding tert-OH is 1. The number of carboxylic acids is 1. The first-order valence-corrected chi connectivity index (χ1v) is 15.3. The highest BCUT2D eigenvalue weighted by molar-refractivity contribution is 8.03. The minimum atomic E-state index is -1.16. The summed E-state index contributed by atoms with van der Waals surface area (Å²) < 4.78 is 1.27. The summed E-state index contributed by atoms with van der Waals surface area (Å²) >= 11 is 1.43. The van der Waals surface area contributed by atoms with Gasteiger partial charge in [-0.25, -0.2) is 9.48 Å². The van der Waals surface area contributed by atoms with Gasteiger partial charge < -0.3 is 36.4 Å². The standard InChI is InChI=1S/C26H37N9O6S/c1-12-20-19(13(2)30-18(37)8-34-11-29-31-32-34)24(39)35(20)21(25(40)41)22(12)42-16-4-17(28-6-16)23(38)33-7-14-3-15(27)5-26(14,9-33)10-36/h11-17,19-20,28,36H,3-10,27H2,1-2H3,(H,30,37)(H,40,41)/t12-,13-,14-,15+,16+,17+,19-,20-,26+/m1/s1. The van der Waals surface area contributed by atoms with Gasteiger partial charge in [-0.05, 0) is 42.5 Å². The molecule has 15 nitrogen and oxygen atoms in total. The van der Waals surface area contributed by atoms with Crippen LogP contribution in [0.15, 0.2) is 16.9 Å². The fourth-order valence-corrected chi connectivity index (χ4v) is 9.32. The molecule has 228 valence electrons. The van der Waals surface area contributed by atoms with Crippen molar-refractivity contribution in [3.05, 3.63) is 16.9 Å². The molecule has 0 radical (unpaired) electrons. The highest BCUT2D eigenvalue weighted by atomic mass is 32.2. The van der Waals surface area contributed by atoms with Crippen molar-refractivity contribution in [2.45, 2.75) is 69.1 Å². The van der Waals surface area contributed by atoms with Crippen LogP contribution in [0.1, 0.15) is 33.1 Å². The molecule has 16 heteroatoms. The number of aromatic nitrogens is 4. The number of hydrogen-bond acceptors (Lipinski definition) is 11. The summed E-state index contributed by atoms with van der Waals surface area (Å²) in [5, 5.41) is 37.0. The molecule has 0 unspecified atom stereocenters. The third-order valence-electron chi connectivity index (χ3n) is 9.79. The second-order valence-electron chi connectivity index (χ2n) is 12.5. The van der Waals surface area contributed by atoms with Crippen molar-refractivity contribution in [1.82, 2.24) is 40.6 Å². The molecule has 4 aliphatic heterocycles. The SMILES string of the molecule is C[C@@H](NC(=O)Cn1cnnn1)[C@H]1C(=O)N2C(C(=O)O)=C(S[C@@H]3CN[C@H](C(=O)N4C[C@H]5C[C@H](N)C[C@@]5(CO)C4)C3)[C@H](C)[C@H]12. The minimum Gasteiger partial charge on any atom is -0.477 e. The first-order valence-electron chi connectivity index (χ1n) is 14.4. The van der Waals surface area contributed by atoms with E-state index in [9.17, 15) is 29.4 Å². The highest BCUT2D eigenvalue weighted by Crippen LogP contribution is 2.52. The van der Waals surface area contributed by atoms with E-state index in [-0.39, 0.29) is 71.2 Å². The highest BCUT2D eigenvalue weighted by Gasteiger charge is 2.61. The number of aliphatic hydroxyl groups is 1. The third-order valence-corrected chi connectivity index (χ3v) is 11.3. The van der Waals surface area contributed by atoms with Crippen molar-refractivity contribution in [2.24, 2.45) is 28.9 Å². The summed E-state index contributed by atoms with van der Waals surface area (Å²) in [7, 11) is 0. The number of nitrogens with zero attached hydrogens (tertiary/aromatic N) is 6. The predicted molar refractivity (Wildman–Crippen MR) is 148 cm³/mol. The third kappa shape index (κ3) is 4.77. The Morgan fingerprint density at radius 2 is 2.12 bits per heavy atom. The summed E-state index contributed by atoms with van der Waals surface area (Å²) in [5.41, 5.74) is 5.82. The van der Waals surface area contributed by atoms with Gasteiger partial charge in [0, 0.05) is 53.2 Å². The van der Waals surface area contributed by atoms with Crippen molar-refractivity contribution >= 4 is 35.5 Å². The van der Waals surface area contributed by atoms with Gasteiger partial charge in [0.1, 0.15) is 18.6 Å². The van der Waals surface area contributed by atoms with Crippen LogP contribution in [-0.4, -0.2) is 120 Å². The van der Waals surface area contributed by atoms with Crippen LogP contribution < -0.4 is 16.4 Å². The number of amides is 3. The lowest BCUT2D eigenvalue weighted by molar-refractivity contribution is -0.158. The van der Waals surface area contributed by atoms with Gasteiger partial charge in [-0.15, -0.1) is 16.9 Å². The Morgan fingerprint density at radius 1 is 1.33 bits per heavy atom. The van der Waals surface area contributed by atoms with Gasteiger partial charge in [0.2, 0.25) is 17.7 Å². The molecule has 5 heterocycles. The maximum Gasteiger partial charge on any atom is 0.353 e. The largest absolute Gasteiger partial charge is 0.477 e. The Labute approximate surface area is 246 Å². The first kappa shape index (κ1) is 29.0. The lowest BCUT2D eigenvalue weighted by Crippen LogP contribution is -2.66. The number of fused-ring (bicyclic) bond motifs is 2. The first-order chi connectivity index (χ1) is 20.0. The van der Waals surface area contributed by atoms with Crippen molar-refractivity contribution in [1.29, 1.82) is 0 Å². The van der Waals surface area contributed by atoms with E-state index >= 15 is 0 Å². The number of carbonyl (C=O) groups excluding carboxylic acids is 3. The number of likely N-dealkylation sites (tertiary alicyclic amines) is 1. The molecular weight excluding hydrogens is 566 g/mol. The number of thioether (sulfide) groups is 1. The Kier molecular flexibility index (Phi) is 7.52. The van der Waals surface area contributed by atoms with E-state index in [1.807, 2.05) is 11.8 Å². The molecule has 6 N–H and O–H groups in total. The number of tetrazole rings is 1.